The molecule has 0 aliphatic heterocycles. The standard InChI is InChI=1S/C12H17N3O/c1-12(2,3)11-6-10-9(7-13-11)14-8-15(10)4-5-16/h6-8,16H,4-5H2,1-3H3. The van der Waals surface area contributed by atoms with Gasteiger partial charge in [-0.3, -0.25) is 4.98 Å². The van der Waals surface area contributed by atoms with E-state index in [4.69, 9.17) is 5.11 Å². The summed E-state index contributed by atoms with van der Waals surface area (Å²) < 4.78 is 1.95. The van der Waals surface area contributed by atoms with Crippen LogP contribution in [0.1, 0.15) is 26.5 Å². The van der Waals surface area contributed by atoms with Gasteiger partial charge in [-0.2, -0.15) is 0 Å². The van der Waals surface area contributed by atoms with Gasteiger partial charge >= 0.3 is 0 Å². The van der Waals surface area contributed by atoms with Crippen molar-refractivity contribution >= 4 is 11.0 Å². The van der Waals surface area contributed by atoms with E-state index in [0.29, 0.717) is 6.54 Å². The number of aliphatic hydroxyl groups excluding tert-OH is 1. The Hall–Kier alpha value is -1.42. The first-order chi connectivity index (χ1) is 7.52. The van der Waals surface area contributed by atoms with Crippen molar-refractivity contribution in [2.75, 3.05) is 6.61 Å². The van der Waals surface area contributed by atoms with Gasteiger partial charge in [-0.05, 0) is 6.07 Å². The van der Waals surface area contributed by atoms with Crippen LogP contribution in [0.15, 0.2) is 18.6 Å². The molecule has 0 aromatic carbocycles. The summed E-state index contributed by atoms with van der Waals surface area (Å²) in [4.78, 5) is 8.66. The van der Waals surface area contributed by atoms with Gasteiger partial charge in [-0.1, -0.05) is 20.8 Å². The van der Waals surface area contributed by atoms with Crippen molar-refractivity contribution in [1.29, 1.82) is 0 Å². The Morgan fingerprint density at radius 1 is 1.31 bits per heavy atom. The van der Waals surface area contributed by atoms with E-state index in [-0.39, 0.29) is 12.0 Å². The number of nitrogens with zero attached hydrogens (tertiary/aromatic N) is 3. The lowest BCUT2D eigenvalue weighted by Gasteiger charge is -2.17. The fourth-order valence-corrected chi connectivity index (χ4v) is 1.66. The van der Waals surface area contributed by atoms with Crippen molar-refractivity contribution in [1.82, 2.24) is 14.5 Å². The lowest BCUT2D eigenvalue weighted by molar-refractivity contribution is 0.278. The molecule has 0 aliphatic carbocycles. The van der Waals surface area contributed by atoms with E-state index >= 15 is 0 Å². The van der Waals surface area contributed by atoms with E-state index in [1.54, 1.807) is 12.5 Å². The minimum Gasteiger partial charge on any atom is -0.395 e. The number of fused-ring (bicyclic) bond motifs is 1. The third-order valence-electron chi connectivity index (χ3n) is 2.62. The van der Waals surface area contributed by atoms with Gasteiger partial charge in [0.2, 0.25) is 0 Å². The molecule has 0 radical (unpaired) electrons. The van der Waals surface area contributed by atoms with Crippen LogP contribution >= 0.6 is 0 Å². The number of aromatic nitrogens is 3. The highest BCUT2D eigenvalue weighted by molar-refractivity contribution is 5.74. The van der Waals surface area contributed by atoms with E-state index in [1.165, 1.54) is 0 Å². The van der Waals surface area contributed by atoms with Gasteiger partial charge in [0.25, 0.3) is 0 Å². The van der Waals surface area contributed by atoms with Crippen LogP contribution in [0.3, 0.4) is 0 Å². The molecule has 0 saturated heterocycles. The van der Waals surface area contributed by atoms with Crippen molar-refractivity contribution in [2.45, 2.75) is 32.7 Å². The minimum absolute atomic E-state index is 0.0303. The van der Waals surface area contributed by atoms with Crippen LogP contribution in [0.4, 0.5) is 0 Å². The third kappa shape index (κ3) is 1.93. The molecule has 0 spiro atoms. The zero-order valence-corrected chi connectivity index (χ0v) is 9.94. The second-order valence-corrected chi connectivity index (χ2v) is 4.97. The van der Waals surface area contributed by atoms with Crippen LogP contribution in [0.25, 0.3) is 11.0 Å². The molecule has 0 amide bonds. The van der Waals surface area contributed by atoms with Gasteiger partial charge in [0.15, 0.2) is 0 Å². The largest absolute Gasteiger partial charge is 0.395 e. The van der Waals surface area contributed by atoms with Gasteiger partial charge in [-0.15, -0.1) is 0 Å². The van der Waals surface area contributed by atoms with E-state index in [2.05, 4.69) is 36.8 Å². The van der Waals surface area contributed by atoms with E-state index in [0.717, 1.165) is 16.7 Å². The van der Waals surface area contributed by atoms with E-state index in [1.807, 2.05) is 4.57 Å². The summed E-state index contributed by atoms with van der Waals surface area (Å²) >= 11 is 0. The maximum absolute atomic E-state index is 8.96. The van der Waals surface area contributed by atoms with Gasteiger partial charge in [0.05, 0.1) is 24.6 Å². The molecule has 2 aromatic heterocycles. The lowest BCUT2D eigenvalue weighted by atomic mass is 9.91. The molecule has 4 nitrogen and oxygen atoms in total. The summed E-state index contributed by atoms with van der Waals surface area (Å²) in [6.45, 7) is 7.10. The molecule has 86 valence electrons. The molecule has 0 aliphatic rings. The fourth-order valence-electron chi connectivity index (χ4n) is 1.66. The number of pyridine rings is 1. The molecule has 0 fully saturated rings. The normalized spacial score (nSPS) is 12.2. The second kappa shape index (κ2) is 3.87. The van der Waals surface area contributed by atoms with Crippen LogP contribution < -0.4 is 0 Å². The molecular weight excluding hydrogens is 202 g/mol. The molecule has 0 saturated carbocycles. The Bertz CT molecular complexity index is 496. The first-order valence-corrected chi connectivity index (χ1v) is 5.44. The molecule has 2 heterocycles. The Morgan fingerprint density at radius 3 is 2.69 bits per heavy atom. The zero-order valence-electron chi connectivity index (χ0n) is 9.94. The number of hydrogen-bond donors (Lipinski definition) is 1. The predicted molar refractivity (Wildman–Crippen MR) is 63.3 cm³/mol. The summed E-state index contributed by atoms with van der Waals surface area (Å²) in [6.07, 6.45) is 3.54. The summed E-state index contributed by atoms with van der Waals surface area (Å²) in [5.41, 5.74) is 2.98. The Balaban J connectivity index is 2.54. The second-order valence-electron chi connectivity index (χ2n) is 4.97. The summed E-state index contributed by atoms with van der Waals surface area (Å²) in [7, 11) is 0. The Morgan fingerprint density at radius 2 is 2.06 bits per heavy atom. The minimum atomic E-state index is 0.0303. The smallest absolute Gasteiger partial charge is 0.107 e. The molecular formula is C12H17N3O. The Kier molecular flexibility index (Phi) is 2.68. The molecule has 4 heteroatoms. The quantitative estimate of drug-likeness (QED) is 0.836. The highest BCUT2D eigenvalue weighted by Gasteiger charge is 2.16. The summed E-state index contributed by atoms with van der Waals surface area (Å²) in [6, 6.07) is 2.05. The average Bonchev–Trinajstić information content (AvgIpc) is 2.60. The number of imidazole rings is 1. The van der Waals surface area contributed by atoms with E-state index in [9.17, 15) is 0 Å². The van der Waals surface area contributed by atoms with Crippen LogP contribution in [-0.4, -0.2) is 26.2 Å². The van der Waals surface area contributed by atoms with E-state index < -0.39 is 0 Å². The first-order valence-electron chi connectivity index (χ1n) is 5.44. The molecule has 0 atom stereocenters. The van der Waals surface area contributed by atoms with Gasteiger partial charge in [0.1, 0.15) is 5.52 Å². The number of hydrogen-bond acceptors (Lipinski definition) is 3. The SMILES string of the molecule is CC(C)(C)c1cc2c(cn1)ncn2CCO. The predicted octanol–water partition coefficient (Wildman–Crippen LogP) is 1.72. The average molecular weight is 219 g/mol. The van der Waals surface area contributed by atoms with Crippen molar-refractivity contribution in [2.24, 2.45) is 0 Å². The Labute approximate surface area is 95.0 Å². The molecule has 0 bridgehead atoms. The van der Waals surface area contributed by atoms with Gasteiger partial charge in [-0.25, -0.2) is 4.98 Å². The highest BCUT2D eigenvalue weighted by atomic mass is 16.3. The van der Waals surface area contributed by atoms with Crippen LogP contribution in [0.2, 0.25) is 0 Å². The van der Waals surface area contributed by atoms with Crippen LogP contribution in [-0.2, 0) is 12.0 Å². The zero-order chi connectivity index (χ0) is 11.8. The van der Waals surface area contributed by atoms with Crippen molar-refractivity contribution in [3.8, 4) is 0 Å². The topological polar surface area (TPSA) is 50.9 Å². The number of aliphatic hydroxyl groups is 1. The lowest BCUT2D eigenvalue weighted by Crippen LogP contribution is -2.13. The molecule has 1 N–H and O–H groups in total. The highest BCUT2D eigenvalue weighted by Crippen LogP contribution is 2.23. The van der Waals surface area contributed by atoms with Crippen molar-refractivity contribution < 1.29 is 5.11 Å². The van der Waals surface area contributed by atoms with Crippen LogP contribution in [0, 0.1) is 0 Å². The first kappa shape index (κ1) is 11.1. The third-order valence-corrected chi connectivity index (χ3v) is 2.62. The fraction of sp³-hybridized carbons (Fsp3) is 0.500. The van der Waals surface area contributed by atoms with Gasteiger partial charge < -0.3 is 9.67 Å². The maximum atomic E-state index is 8.96. The molecule has 2 aromatic rings. The summed E-state index contributed by atoms with van der Waals surface area (Å²) in [5, 5.41) is 8.96. The maximum Gasteiger partial charge on any atom is 0.107 e. The molecule has 0 unspecified atom stereocenters. The summed E-state index contributed by atoms with van der Waals surface area (Å²) in [5.74, 6) is 0. The van der Waals surface area contributed by atoms with Crippen molar-refractivity contribution in [3.05, 3.63) is 24.3 Å². The van der Waals surface area contributed by atoms with Gasteiger partial charge in [0, 0.05) is 17.7 Å². The molecule has 16 heavy (non-hydrogen) atoms. The number of rotatable bonds is 2. The van der Waals surface area contributed by atoms with Crippen molar-refractivity contribution in [3.63, 3.8) is 0 Å². The monoisotopic (exact) mass is 219 g/mol. The molecule has 2 rings (SSSR count). The van der Waals surface area contributed by atoms with Crippen LogP contribution in [0.5, 0.6) is 0 Å².